The number of carbonyl (C=O) groups excluding carboxylic acids is 1. The highest BCUT2D eigenvalue weighted by molar-refractivity contribution is 5.78. The van der Waals surface area contributed by atoms with E-state index in [0.717, 1.165) is 52.0 Å². The van der Waals surface area contributed by atoms with E-state index < -0.39 is 0 Å². The van der Waals surface area contributed by atoms with E-state index >= 15 is 0 Å². The topological polar surface area (TPSA) is 35.6 Å². The van der Waals surface area contributed by atoms with Crippen molar-refractivity contribution >= 4 is 5.91 Å². The number of nitrogens with one attached hydrogen (secondary N) is 1. The maximum atomic E-state index is 12.3. The molecule has 0 spiro atoms. The van der Waals surface area contributed by atoms with E-state index in [4.69, 9.17) is 0 Å². The van der Waals surface area contributed by atoms with Crippen molar-refractivity contribution in [2.75, 3.05) is 46.8 Å². The van der Waals surface area contributed by atoms with Crippen LogP contribution < -0.4 is 5.32 Å². The molecule has 1 saturated heterocycles. The number of nitrogens with zero attached hydrogens (tertiary/aromatic N) is 2. The van der Waals surface area contributed by atoms with E-state index in [0.29, 0.717) is 5.91 Å². The van der Waals surface area contributed by atoms with Crippen molar-refractivity contribution in [1.29, 1.82) is 0 Å². The van der Waals surface area contributed by atoms with Crippen LogP contribution >= 0.6 is 0 Å². The normalized spacial score (nSPS) is 17.4. The van der Waals surface area contributed by atoms with Gasteiger partial charge in [0.05, 0.1) is 0 Å². The molecule has 0 aromatic rings. The molecule has 0 atom stereocenters. The molecule has 1 N–H and O–H groups in total. The van der Waals surface area contributed by atoms with E-state index in [1.54, 1.807) is 0 Å². The summed E-state index contributed by atoms with van der Waals surface area (Å²) in [5, 5.41) is 3.31. The summed E-state index contributed by atoms with van der Waals surface area (Å²) in [7, 11) is 4.15. The van der Waals surface area contributed by atoms with Crippen LogP contribution in [0.2, 0.25) is 0 Å². The summed E-state index contributed by atoms with van der Waals surface area (Å²) < 4.78 is 0. The Morgan fingerprint density at radius 3 is 2.41 bits per heavy atom. The maximum absolute atomic E-state index is 12.3. The Kier molecular flexibility index (Phi) is 6.52. The van der Waals surface area contributed by atoms with Crippen LogP contribution in [0.3, 0.4) is 0 Å². The van der Waals surface area contributed by atoms with Gasteiger partial charge >= 0.3 is 0 Å². The molecule has 0 aromatic heterocycles. The van der Waals surface area contributed by atoms with Crippen LogP contribution in [-0.4, -0.2) is 62.5 Å². The summed E-state index contributed by atoms with van der Waals surface area (Å²) in [6.07, 6.45) is 3.07. The number of rotatable bonds is 6. The average molecular weight is 241 g/mol. The largest absolute Gasteiger partial charge is 0.343 e. The van der Waals surface area contributed by atoms with Gasteiger partial charge in [-0.2, -0.15) is 0 Å². The van der Waals surface area contributed by atoms with Crippen LogP contribution in [0.5, 0.6) is 0 Å². The second-order valence-corrected chi connectivity index (χ2v) is 5.10. The van der Waals surface area contributed by atoms with E-state index in [-0.39, 0.29) is 5.92 Å². The molecule has 1 aliphatic rings. The molecule has 0 bridgehead atoms. The Morgan fingerprint density at radius 2 is 1.88 bits per heavy atom. The second kappa shape index (κ2) is 7.67. The van der Waals surface area contributed by atoms with Crippen molar-refractivity contribution in [3.63, 3.8) is 0 Å². The van der Waals surface area contributed by atoms with Crippen LogP contribution in [-0.2, 0) is 4.79 Å². The minimum atomic E-state index is 0.260. The smallest absolute Gasteiger partial charge is 0.225 e. The summed E-state index contributed by atoms with van der Waals surface area (Å²) >= 11 is 0. The third-order valence-corrected chi connectivity index (χ3v) is 3.42. The Hall–Kier alpha value is -0.610. The molecular formula is C13H27N3O. The SMILES string of the molecule is CCN(CCCN(C)C)C(=O)C1CCNCC1. The molecule has 100 valence electrons. The van der Waals surface area contributed by atoms with Crippen molar-refractivity contribution in [2.45, 2.75) is 26.2 Å². The molecule has 1 amide bonds. The van der Waals surface area contributed by atoms with Crippen LogP contribution in [0.25, 0.3) is 0 Å². The van der Waals surface area contributed by atoms with Crippen molar-refractivity contribution in [3.05, 3.63) is 0 Å². The lowest BCUT2D eigenvalue weighted by Gasteiger charge is -2.29. The summed E-state index contributed by atoms with van der Waals surface area (Å²) in [5.74, 6) is 0.628. The number of piperidine rings is 1. The fraction of sp³-hybridized carbons (Fsp3) is 0.923. The highest BCUT2D eigenvalue weighted by Crippen LogP contribution is 2.15. The third-order valence-electron chi connectivity index (χ3n) is 3.42. The monoisotopic (exact) mass is 241 g/mol. The molecule has 17 heavy (non-hydrogen) atoms. The predicted molar refractivity (Wildman–Crippen MR) is 71.0 cm³/mol. The zero-order chi connectivity index (χ0) is 12.7. The van der Waals surface area contributed by atoms with E-state index in [9.17, 15) is 4.79 Å². The highest BCUT2D eigenvalue weighted by Gasteiger charge is 2.24. The number of carbonyl (C=O) groups is 1. The molecule has 0 unspecified atom stereocenters. The molecule has 4 heteroatoms. The number of hydrogen-bond acceptors (Lipinski definition) is 3. The first-order valence-corrected chi connectivity index (χ1v) is 6.79. The molecule has 1 aliphatic heterocycles. The van der Waals surface area contributed by atoms with Gasteiger partial charge in [-0.25, -0.2) is 0 Å². The quantitative estimate of drug-likeness (QED) is 0.747. The molecule has 1 rings (SSSR count). The molecule has 0 aliphatic carbocycles. The molecule has 0 aromatic carbocycles. The minimum Gasteiger partial charge on any atom is -0.343 e. The van der Waals surface area contributed by atoms with E-state index in [1.807, 2.05) is 4.90 Å². The van der Waals surface area contributed by atoms with E-state index in [2.05, 4.69) is 31.2 Å². The van der Waals surface area contributed by atoms with Crippen molar-refractivity contribution in [3.8, 4) is 0 Å². The highest BCUT2D eigenvalue weighted by atomic mass is 16.2. The van der Waals surface area contributed by atoms with Gasteiger partial charge in [-0.15, -0.1) is 0 Å². The van der Waals surface area contributed by atoms with Crippen LogP contribution in [0, 0.1) is 5.92 Å². The summed E-state index contributed by atoms with van der Waals surface area (Å²) in [6.45, 7) is 6.86. The van der Waals surface area contributed by atoms with Gasteiger partial charge in [-0.1, -0.05) is 0 Å². The Labute approximate surface area is 105 Å². The van der Waals surface area contributed by atoms with Crippen LogP contribution in [0.4, 0.5) is 0 Å². The number of amides is 1. The van der Waals surface area contributed by atoms with Crippen LogP contribution in [0.15, 0.2) is 0 Å². The standard InChI is InChI=1S/C13H27N3O/c1-4-16(11-5-10-15(2)3)13(17)12-6-8-14-9-7-12/h12,14H,4-11H2,1-3H3. The second-order valence-electron chi connectivity index (χ2n) is 5.10. The van der Waals surface area contributed by atoms with Gasteiger partial charge < -0.3 is 15.1 Å². The van der Waals surface area contributed by atoms with Gasteiger partial charge in [-0.3, -0.25) is 4.79 Å². The lowest BCUT2D eigenvalue weighted by molar-refractivity contribution is -0.136. The van der Waals surface area contributed by atoms with Gasteiger partial charge in [0.25, 0.3) is 0 Å². The van der Waals surface area contributed by atoms with Gasteiger partial charge in [0.1, 0.15) is 0 Å². The lowest BCUT2D eigenvalue weighted by Crippen LogP contribution is -2.41. The Bertz CT molecular complexity index is 225. The molecule has 0 radical (unpaired) electrons. The predicted octanol–water partition coefficient (Wildman–Crippen LogP) is 0.786. The average Bonchev–Trinajstić information content (AvgIpc) is 2.34. The van der Waals surface area contributed by atoms with Crippen molar-refractivity contribution in [1.82, 2.24) is 15.1 Å². The van der Waals surface area contributed by atoms with Crippen molar-refractivity contribution in [2.24, 2.45) is 5.92 Å². The fourth-order valence-corrected chi connectivity index (χ4v) is 2.33. The Balaban J connectivity index is 2.34. The summed E-state index contributed by atoms with van der Waals surface area (Å²) in [4.78, 5) is 16.5. The van der Waals surface area contributed by atoms with Gasteiger partial charge in [-0.05, 0) is 59.9 Å². The Morgan fingerprint density at radius 1 is 1.24 bits per heavy atom. The van der Waals surface area contributed by atoms with Gasteiger partial charge in [0, 0.05) is 19.0 Å². The number of hydrogen-bond donors (Lipinski definition) is 1. The van der Waals surface area contributed by atoms with Gasteiger partial charge in [0.15, 0.2) is 0 Å². The third kappa shape index (κ3) is 5.04. The lowest BCUT2D eigenvalue weighted by atomic mass is 9.96. The summed E-state index contributed by atoms with van der Waals surface area (Å²) in [6, 6.07) is 0. The first kappa shape index (κ1) is 14.5. The van der Waals surface area contributed by atoms with E-state index in [1.165, 1.54) is 0 Å². The summed E-state index contributed by atoms with van der Waals surface area (Å²) in [5.41, 5.74) is 0. The van der Waals surface area contributed by atoms with Crippen LogP contribution in [0.1, 0.15) is 26.2 Å². The molecular weight excluding hydrogens is 214 g/mol. The molecule has 0 saturated carbocycles. The van der Waals surface area contributed by atoms with Crippen molar-refractivity contribution < 1.29 is 4.79 Å². The van der Waals surface area contributed by atoms with Gasteiger partial charge in [0.2, 0.25) is 5.91 Å². The first-order chi connectivity index (χ1) is 8.15. The molecule has 4 nitrogen and oxygen atoms in total. The zero-order valence-electron chi connectivity index (χ0n) is 11.5. The fourth-order valence-electron chi connectivity index (χ4n) is 2.33. The zero-order valence-corrected chi connectivity index (χ0v) is 11.5. The maximum Gasteiger partial charge on any atom is 0.225 e. The first-order valence-electron chi connectivity index (χ1n) is 6.79. The molecule has 1 heterocycles. The molecule has 1 fully saturated rings. The minimum absolute atomic E-state index is 0.260.